The van der Waals surface area contributed by atoms with Gasteiger partial charge in [-0.2, -0.15) is 0 Å². The Morgan fingerprint density at radius 2 is 2.05 bits per heavy atom. The molecule has 0 spiro atoms. The average Bonchev–Trinajstić information content (AvgIpc) is 2.41. The summed E-state index contributed by atoms with van der Waals surface area (Å²) in [6.07, 6.45) is 1.23. The van der Waals surface area contributed by atoms with Crippen molar-refractivity contribution in [2.45, 2.75) is 38.3 Å². The summed E-state index contributed by atoms with van der Waals surface area (Å²) >= 11 is 0. The minimum atomic E-state index is -0.760. The molecule has 0 bridgehead atoms. The number of hydrogen-bond acceptors (Lipinski definition) is 4. The van der Waals surface area contributed by atoms with Crippen molar-refractivity contribution in [1.29, 1.82) is 0 Å². The number of aryl methyl sites for hydroxylation is 1. The van der Waals surface area contributed by atoms with E-state index >= 15 is 0 Å². The molecule has 0 aromatic heterocycles. The van der Waals surface area contributed by atoms with E-state index in [9.17, 15) is 9.50 Å². The number of ether oxygens (including phenoxy) is 1. The SMILES string of the molecule is Cc1cc(N(C)CC2(O)CCOCC2)c(C(C)N)cc1F. The lowest BCUT2D eigenvalue weighted by Crippen LogP contribution is -2.46. The first-order valence-electron chi connectivity index (χ1n) is 7.39. The van der Waals surface area contributed by atoms with Crippen molar-refractivity contribution < 1.29 is 14.2 Å². The van der Waals surface area contributed by atoms with Gasteiger partial charge in [0.1, 0.15) is 5.82 Å². The van der Waals surface area contributed by atoms with Gasteiger partial charge in [-0.3, -0.25) is 0 Å². The van der Waals surface area contributed by atoms with Crippen molar-refractivity contribution >= 4 is 5.69 Å². The molecular weight excluding hydrogens is 271 g/mol. The number of halogens is 1. The monoisotopic (exact) mass is 296 g/mol. The second kappa shape index (κ2) is 6.30. The molecule has 0 aliphatic carbocycles. The van der Waals surface area contributed by atoms with Gasteiger partial charge in [0.15, 0.2) is 0 Å². The summed E-state index contributed by atoms with van der Waals surface area (Å²) in [5, 5.41) is 10.6. The third-order valence-electron chi connectivity index (χ3n) is 4.16. The standard InChI is InChI=1S/C16H25FN2O2/c1-11-8-15(13(12(2)18)9-14(11)17)19(3)10-16(20)4-6-21-7-5-16/h8-9,12,20H,4-7,10,18H2,1-3H3. The zero-order valence-electron chi connectivity index (χ0n) is 13.0. The molecule has 1 aliphatic heterocycles. The van der Waals surface area contributed by atoms with Crippen molar-refractivity contribution in [3.05, 3.63) is 29.1 Å². The van der Waals surface area contributed by atoms with Crippen molar-refractivity contribution in [3.8, 4) is 0 Å². The molecular formula is C16H25FN2O2. The summed E-state index contributed by atoms with van der Waals surface area (Å²) < 4.78 is 19.1. The number of rotatable bonds is 4. The number of nitrogens with zero attached hydrogens (tertiary/aromatic N) is 1. The number of anilines is 1. The number of benzene rings is 1. The quantitative estimate of drug-likeness (QED) is 0.893. The highest BCUT2D eigenvalue weighted by molar-refractivity contribution is 5.56. The highest BCUT2D eigenvalue weighted by Crippen LogP contribution is 2.30. The Kier molecular flexibility index (Phi) is 4.86. The maximum absolute atomic E-state index is 13.8. The Balaban J connectivity index is 2.25. The Hall–Kier alpha value is -1.17. The van der Waals surface area contributed by atoms with Gasteiger partial charge >= 0.3 is 0 Å². The van der Waals surface area contributed by atoms with Gasteiger partial charge in [0.25, 0.3) is 0 Å². The molecule has 1 aliphatic rings. The highest BCUT2D eigenvalue weighted by atomic mass is 19.1. The smallest absolute Gasteiger partial charge is 0.126 e. The van der Waals surface area contributed by atoms with Crippen LogP contribution in [-0.4, -0.2) is 37.5 Å². The molecule has 0 radical (unpaired) electrons. The summed E-state index contributed by atoms with van der Waals surface area (Å²) in [7, 11) is 1.91. The largest absolute Gasteiger partial charge is 0.388 e. The van der Waals surface area contributed by atoms with E-state index in [0.717, 1.165) is 11.3 Å². The maximum atomic E-state index is 13.8. The molecule has 1 atom stereocenters. The van der Waals surface area contributed by atoms with E-state index in [1.165, 1.54) is 6.07 Å². The molecule has 118 valence electrons. The third-order valence-corrected chi connectivity index (χ3v) is 4.16. The van der Waals surface area contributed by atoms with Crippen molar-refractivity contribution in [2.75, 3.05) is 31.7 Å². The van der Waals surface area contributed by atoms with Crippen LogP contribution in [0.25, 0.3) is 0 Å². The van der Waals surface area contributed by atoms with Gasteiger partial charge < -0.3 is 20.5 Å². The molecule has 5 heteroatoms. The van der Waals surface area contributed by atoms with E-state index in [1.807, 2.05) is 18.9 Å². The number of likely N-dealkylation sites (N-methyl/N-ethyl adjacent to an activating group) is 1. The first-order chi connectivity index (χ1) is 9.82. The zero-order chi connectivity index (χ0) is 15.6. The zero-order valence-corrected chi connectivity index (χ0v) is 13.0. The van der Waals surface area contributed by atoms with Gasteiger partial charge in [0.2, 0.25) is 0 Å². The van der Waals surface area contributed by atoms with Crippen LogP contribution in [0, 0.1) is 12.7 Å². The first kappa shape index (κ1) is 16.2. The van der Waals surface area contributed by atoms with Gasteiger partial charge in [-0.15, -0.1) is 0 Å². The molecule has 4 nitrogen and oxygen atoms in total. The lowest BCUT2D eigenvalue weighted by Gasteiger charge is -2.37. The Labute approximate surface area is 125 Å². The number of aliphatic hydroxyl groups is 1. The van der Waals surface area contributed by atoms with E-state index in [4.69, 9.17) is 10.5 Å². The summed E-state index contributed by atoms with van der Waals surface area (Å²) in [6.45, 7) is 5.21. The van der Waals surface area contributed by atoms with Gasteiger partial charge in [-0.05, 0) is 37.1 Å². The van der Waals surface area contributed by atoms with Crippen LogP contribution in [0.5, 0.6) is 0 Å². The molecule has 1 heterocycles. The molecule has 1 aromatic rings. The van der Waals surface area contributed by atoms with Crippen molar-refractivity contribution in [3.63, 3.8) is 0 Å². The van der Waals surface area contributed by atoms with E-state index in [0.29, 0.717) is 38.2 Å². The first-order valence-corrected chi connectivity index (χ1v) is 7.39. The molecule has 21 heavy (non-hydrogen) atoms. The number of hydrogen-bond donors (Lipinski definition) is 2. The van der Waals surface area contributed by atoms with Crippen LogP contribution in [0.15, 0.2) is 12.1 Å². The van der Waals surface area contributed by atoms with Crippen LogP contribution >= 0.6 is 0 Å². The molecule has 3 N–H and O–H groups in total. The second-order valence-electron chi connectivity index (χ2n) is 6.14. The van der Waals surface area contributed by atoms with Gasteiger partial charge in [-0.25, -0.2) is 4.39 Å². The van der Waals surface area contributed by atoms with Crippen LogP contribution in [0.1, 0.15) is 36.9 Å². The fraction of sp³-hybridized carbons (Fsp3) is 0.625. The predicted octanol–water partition coefficient (Wildman–Crippen LogP) is 2.13. The van der Waals surface area contributed by atoms with Crippen LogP contribution in [-0.2, 0) is 4.74 Å². The lowest BCUT2D eigenvalue weighted by atomic mass is 9.93. The van der Waals surface area contributed by atoms with E-state index in [2.05, 4.69) is 0 Å². The van der Waals surface area contributed by atoms with Gasteiger partial charge in [0, 0.05) is 51.4 Å². The van der Waals surface area contributed by atoms with Crippen molar-refractivity contribution in [1.82, 2.24) is 0 Å². The maximum Gasteiger partial charge on any atom is 0.126 e. The summed E-state index contributed by atoms with van der Waals surface area (Å²) in [4.78, 5) is 1.97. The van der Waals surface area contributed by atoms with Crippen molar-refractivity contribution in [2.24, 2.45) is 5.73 Å². The van der Waals surface area contributed by atoms with E-state index in [-0.39, 0.29) is 11.9 Å². The molecule has 1 unspecified atom stereocenters. The Bertz CT molecular complexity index is 499. The topological polar surface area (TPSA) is 58.7 Å². The third kappa shape index (κ3) is 3.73. The van der Waals surface area contributed by atoms with Crippen LogP contribution in [0.3, 0.4) is 0 Å². The Morgan fingerprint density at radius 1 is 1.43 bits per heavy atom. The molecule has 1 fully saturated rings. The van der Waals surface area contributed by atoms with E-state index < -0.39 is 5.60 Å². The molecule has 0 saturated carbocycles. The summed E-state index contributed by atoms with van der Waals surface area (Å²) in [5.41, 5.74) is 7.42. The Morgan fingerprint density at radius 3 is 2.62 bits per heavy atom. The predicted molar refractivity (Wildman–Crippen MR) is 82.0 cm³/mol. The lowest BCUT2D eigenvalue weighted by molar-refractivity contribution is -0.0572. The van der Waals surface area contributed by atoms with Gasteiger partial charge in [-0.1, -0.05) is 0 Å². The molecule has 1 aromatic carbocycles. The highest BCUT2D eigenvalue weighted by Gasteiger charge is 2.31. The average molecular weight is 296 g/mol. The molecule has 1 saturated heterocycles. The van der Waals surface area contributed by atoms with Crippen LogP contribution in [0.4, 0.5) is 10.1 Å². The van der Waals surface area contributed by atoms with Gasteiger partial charge in [0.05, 0.1) is 5.60 Å². The summed E-state index contributed by atoms with van der Waals surface area (Å²) in [6, 6.07) is 3.04. The van der Waals surface area contributed by atoms with E-state index in [1.54, 1.807) is 13.0 Å². The molecule has 2 rings (SSSR count). The minimum Gasteiger partial charge on any atom is -0.388 e. The normalized spacial score (nSPS) is 19.3. The number of nitrogens with two attached hydrogens (primary N) is 1. The van der Waals surface area contributed by atoms with Crippen LogP contribution < -0.4 is 10.6 Å². The van der Waals surface area contributed by atoms with Crippen LogP contribution in [0.2, 0.25) is 0 Å². The summed E-state index contributed by atoms with van der Waals surface area (Å²) in [5.74, 6) is -0.246. The molecule has 0 amide bonds. The fourth-order valence-corrected chi connectivity index (χ4v) is 2.81. The minimum absolute atomic E-state index is 0.246. The second-order valence-corrected chi connectivity index (χ2v) is 6.14. The fourth-order valence-electron chi connectivity index (χ4n) is 2.81.